The summed E-state index contributed by atoms with van der Waals surface area (Å²) in [4.78, 5) is 36.3. The Morgan fingerprint density at radius 2 is 2.05 bits per heavy atom. The van der Waals surface area contributed by atoms with Crippen molar-refractivity contribution in [2.45, 2.75) is 64.1 Å². The van der Waals surface area contributed by atoms with Crippen molar-refractivity contribution in [2.75, 3.05) is 7.11 Å². The fraction of sp³-hybridized carbons (Fsp3) is 0.786. The molecule has 1 aliphatic rings. The molecule has 0 aromatic rings. The summed E-state index contributed by atoms with van der Waals surface area (Å²) < 4.78 is 4.48. The average molecular weight is 300 g/mol. The number of carboxylic acid groups (broad SMARTS) is 1. The number of likely N-dealkylation sites (tertiary alicyclic amines) is 1. The highest BCUT2D eigenvalue weighted by atomic mass is 16.5. The zero-order valence-electron chi connectivity index (χ0n) is 12.8. The Bertz CT molecular complexity index is 399. The third-order valence-electron chi connectivity index (χ3n) is 3.95. The van der Waals surface area contributed by atoms with Gasteiger partial charge in [0.05, 0.1) is 7.11 Å². The predicted octanol–water partition coefficient (Wildman–Crippen LogP) is 1.37. The molecule has 120 valence electrons. The molecule has 0 aliphatic carbocycles. The first-order chi connectivity index (χ1) is 9.90. The van der Waals surface area contributed by atoms with Gasteiger partial charge in [-0.05, 0) is 32.6 Å². The van der Waals surface area contributed by atoms with E-state index in [4.69, 9.17) is 5.11 Å². The lowest BCUT2D eigenvalue weighted by Crippen LogP contribution is -2.51. The monoisotopic (exact) mass is 300 g/mol. The summed E-state index contributed by atoms with van der Waals surface area (Å²) in [6, 6.07) is -1.20. The van der Waals surface area contributed by atoms with Crippen LogP contribution in [0.5, 0.6) is 0 Å². The van der Waals surface area contributed by atoms with Crippen molar-refractivity contribution in [3.63, 3.8) is 0 Å². The number of ether oxygens (including phenoxy) is 1. The summed E-state index contributed by atoms with van der Waals surface area (Å²) in [6.07, 6.45) is 2.68. The number of amides is 2. The number of carbonyl (C=O) groups excluding carboxylic acids is 2. The second-order valence-corrected chi connectivity index (χ2v) is 5.35. The first-order valence-electron chi connectivity index (χ1n) is 7.29. The molecule has 2 unspecified atom stereocenters. The Morgan fingerprint density at radius 1 is 1.38 bits per heavy atom. The van der Waals surface area contributed by atoms with Crippen molar-refractivity contribution in [3.05, 3.63) is 0 Å². The summed E-state index contributed by atoms with van der Waals surface area (Å²) in [5.74, 6) is -1.64. The largest absolute Gasteiger partial charge is 0.480 e. The standard InChI is InChI=1S/C14H24N2O5/c1-4-10-6-5-9(2)16(10)14(20)15-11(13(18)19)7-8-12(17)21-3/h9-11H,4-8H2,1-3H3,(H,15,20)(H,18,19)/t9?,10?,11-/m1/s1. The van der Waals surface area contributed by atoms with Gasteiger partial charge in [0.2, 0.25) is 0 Å². The molecule has 0 spiro atoms. The molecule has 1 saturated heterocycles. The SMILES string of the molecule is CCC1CCC(C)N1C(=O)N[C@H](CCC(=O)OC)C(=O)O. The molecule has 0 saturated carbocycles. The van der Waals surface area contributed by atoms with E-state index in [2.05, 4.69) is 10.1 Å². The van der Waals surface area contributed by atoms with E-state index in [1.165, 1.54) is 7.11 Å². The third kappa shape index (κ3) is 4.61. The Hall–Kier alpha value is -1.79. The molecule has 2 N–H and O–H groups in total. The van der Waals surface area contributed by atoms with Crippen LogP contribution in [0.2, 0.25) is 0 Å². The predicted molar refractivity (Wildman–Crippen MR) is 75.8 cm³/mol. The molecule has 21 heavy (non-hydrogen) atoms. The van der Waals surface area contributed by atoms with Crippen molar-refractivity contribution in [1.82, 2.24) is 10.2 Å². The molecule has 0 radical (unpaired) electrons. The highest BCUT2D eigenvalue weighted by Gasteiger charge is 2.34. The average Bonchev–Trinajstić information content (AvgIpc) is 2.83. The molecule has 1 fully saturated rings. The molecule has 3 atom stereocenters. The van der Waals surface area contributed by atoms with Crippen molar-refractivity contribution in [1.29, 1.82) is 0 Å². The second-order valence-electron chi connectivity index (χ2n) is 5.35. The highest BCUT2D eigenvalue weighted by molar-refractivity contribution is 5.83. The number of aliphatic carboxylic acids is 1. The molecular formula is C14H24N2O5. The summed E-state index contributed by atoms with van der Waals surface area (Å²) in [5, 5.41) is 11.7. The van der Waals surface area contributed by atoms with Crippen molar-refractivity contribution < 1.29 is 24.2 Å². The normalized spacial score (nSPS) is 22.7. The number of esters is 1. The van der Waals surface area contributed by atoms with Gasteiger partial charge in [-0.25, -0.2) is 9.59 Å². The number of carbonyl (C=O) groups is 3. The van der Waals surface area contributed by atoms with Crippen LogP contribution in [0.4, 0.5) is 4.79 Å². The van der Waals surface area contributed by atoms with Gasteiger partial charge in [-0.3, -0.25) is 4.79 Å². The first kappa shape index (κ1) is 17.3. The number of nitrogens with zero attached hydrogens (tertiary/aromatic N) is 1. The Kier molecular flexibility index (Phi) is 6.45. The fourth-order valence-corrected chi connectivity index (χ4v) is 2.68. The second kappa shape index (κ2) is 7.85. The van der Waals surface area contributed by atoms with Crippen LogP contribution in [0.15, 0.2) is 0 Å². The van der Waals surface area contributed by atoms with Gasteiger partial charge in [-0.15, -0.1) is 0 Å². The summed E-state index contributed by atoms with van der Waals surface area (Å²) >= 11 is 0. The van der Waals surface area contributed by atoms with E-state index < -0.39 is 18.0 Å². The number of hydrogen-bond donors (Lipinski definition) is 2. The van der Waals surface area contributed by atoms with Crippen molar-refractivity contribution >= 4 is 18.0 Å². The van der Waals surface area contributed by atoms with Crippen LogP contribution >= 0.6 is 0 Å². The van der Waals surface area contributed by atoms with Crippen LogP contribution in [0.3, 0.4) is 0 Å². The van der Waals surface area contributed by atoms with Gasteiger partial charge in [0, 0.05) is 18.5 Å². The minimum Gasteiger partial charge on any atom is -0.480 e. The van der Waals surface area contributed by atoms with E-state index in [0.29, 0.717) is 0 Å². The highest BCUT2D eigenvalue weighted by Crippen LogP contribution is 2.26. The number of carboxylic acids is 1. The number of methoxy groups -OCH3 is 1. The molecule has 7 heteroatoms. The maximum Gasteiger partial charge on any atom is 0.326 e. The maximum atomic E-state index is 12.3. The molecule has 1 heterocycles. The minimum absolute atomic E-state index is 0.0206. The van der Waals surface area contributed by atoms with Crippen LogP contribution in [0, 0.1) is 0 Å². The molecule has 1 rings (SSSR count). The van der Waals surface area contributed by atoms with E-state index in [0.717, 1.165) is 19.3 Å². The van der Waals surface area contributed by atoms with Gasteiger partial charge in [-0.1, -0.05) is 6.92 Å². The number of hydrogen-bond acceptors (Lipinski definition) is 4. The Labute approximate surface area is 124 Å². The molecule has 0 aromatic carbocycles. The van der Waals surface area contributed by atoms with E-state index in [1.54, 1.807) is 4.90 Å². The first-order valence-corrected chi connectivity index (χ1v) is 7.29. The van der Waals surface area contributed by atoms with E-state index in [-0.39, 0.29) is 31.0 Å². The van der Waals surface area contributed by atoms with Crippen molar-refractivity contribution in [2.24, 2.45) is 0 Å². The van der Waals surface area contributed by atoms with Crippen LogP contribution in [0.25, 0.3) is 0 Å². The number of nitrogens with one attached hydrogen (secondary N) is 1. The van der Waals surface area contributed by atoms with Crippen molar-refractivity contribution in [3.8, 4) is 0 Å². The van der Waals surface area contributed by atoms with E-state index in [1.807, 2.05) is 13.8 Å². The fourth-order valence-electron chi connectivity index (χ4n) is 2.68. The van der Waals surface area contributed by atoms with Gasteiger partial charge in [0.25, 0.3) is 0 Å². The van der Waals surface area contributed by atoms with Crippen LogP contribution in [-0.2, 0) is 14.3 Å². The minimum atomic E-state index is -1.15. The lowest BCUT2D eigenvalue weighted by molar-refractivity contribution is -0.142. The number of urea groups is 1. The van der Waals surface area contributed by atoms with Crippen LogP contribution in [0.1, 0.15) is 46.0 Å². The van der Waals surface area contributed by atoms with E-state index >= 15 is 0 Å². The van der Waals surface area contributed by atoms with Gasteiger partial charge < -0.3 is 20.1 Å². The Balaban J connectivity index is 2.63. The quantitative estimate of drug-likeness (QED) is 0.722. The zero-order chi connectivity index (χ0) is 16.0. The van der Waals surface area contributed by atoms with E-state index in [9.17, 15) is 14.4 Å². The summed E-state index contributed by atoms with van der Waals surface area (Å²) in [5.41, 5.74) is 0. The summed E-state index contributed by atoms with van der Waals surface area (Å²) in [6.45, 7) is 3.97. The maximum absolute atomic E-state index is 12.3. The number of rotatable bonds is 6. The molecule has 0 bridgehead atoms. The smallest absolute Gasteiger partial charge is 0.326 e. The molecular weight excluding hydrogens is 276 g/mol. The van der Waals surface area contributed by atoms with Gasteiger partial charge >= 0.3 is 18.0 Å². The van der Waals surface area contributed by atoms with Gasteiger partial charge in [0.1, 0.15) is 6.04 Å². The lowest BCUT2D eigenvalue weighted by atomic mass is 10.1. The lowest BCUT2D eigenvalue weighted by Gasteiger charge is -2.29. The van der Waals surface area contributed by atoms with Gasteiger partial charge in [0.15, 0.2) is 0 Å². The molecule has 2 amide bonds. The molecule has 7 nitrogen and oxygen atoms in total. The zero-order valence-corrected chi connectivity index (χ0v) is 12.8. The summed E-state index contributed by atoms with van der Waals surface area (Å²) in [7, 11) is 1.24. The topological polar surface area (TPSA) is 95.9 Å². The van der Waals surface area contributed by atoms with Crippen LogP contribution < -0.4 is 5.32 Å². The van der Waals surface area contributed by atoms with Gasteiger partial charge in [-0.2, -0.15) is 0 Å². The Morgan fingerprint density at radius 3 is 2.57 bits per heavy atom. The third-order valence-corrected chi connectivity index (χ3v) is 3.95. The van der Waals surface area contributed by atoms with Crippen LogP contribution in [-0.4, -0.2) is 53.2 Å². The molecule has 0 aromatic heterocycles. The molecule has 1 aliphatic heterocycles.